The molecule has 0 aliphatic carbocycles. The molecule has 3 rings (SSSR count). The van der Waals surface area contributed by atoms with Crippen molar-refractivity contribution in [3.05, 3.63) is 90.0 Å². The van der Waals surface area contributed by atoms with Crippen LogP contribution < -0.4 is 9.47 Å². The summed E-state index contributed by atoms with van der Waals surface area (Å²) in [5.74, 6) is 1.20. The van der Waals surface area contributed by atoms with E-state index in [0.29, 0.717) is 30.2 Å². The maximum absolute atomic E-state index is 10.9. The zero-order valence-corrected chi connectivity index (χ0v) is 17.4. The van der Waals surface area contributed by atoms with Gasteiger partial charge in [0.15, 0.2) is 0 Å². The Bertz CT molecular complexity index is 1020. The summed E-state index contributed by atoms with van der Waals surface area (Å²) >= 11 is 0. The van der Waals surface area contributed by atoms with Crippen LogP contribution in [0, 0.1) is 0 Å². The number of carboxylic acids is 1. The summed E-state index contributed by atoms with van der Waals surface area (Å²) in [6.07, 6.45) is 0.434. The van der Waals surface area contributed by atoms with Gasteiger partial charge in [-0.15, -0.1) is 0 Å². The number of oxime groups is 1. The normalized spacial score (nSPS) is 11.1. The average molecular weight is 419 g/mol. The number of aliphatic carboxylic acids is 1. The number of nitrogens with zero attached hydrogens (tertiary/aromatic N) is 1. The Hall–Kier alpha value is -3.80. The molecule has 1 N–H and O–H groups in total. The van der Waals surface area contributed by atoms with Gasteiger partial charge < -0.3 is 19.4 Å². The molecule has 160 valence electrons. The second kappa shape index (κ2) is 11.4. The maximum atomic E-state index is 10.9. The van der Waals surface area contributed by atoms with Crippen LogP contribution in [-0.2, 0) is 16.1 Å². The zero-order valence-electron chi connectivity index (χ0n) is 17.4. The first-order chi connectivity index (χ1) is 15.2. The van der Waals surface area contributed by atoms with E-state index < -0.39 is 5.97 Å². The van der Waals surface area contributed by atoms with E-state index in [-0.39, 0.29) is 13.0 Å². The molecular formula is C25H25NO5. The lowest BCUT2D eigenvalue weighted by atomic mass is 10.1. The summed E-state index contributed by atoms with van der Waals surface area (Å²) in [4.78, 5) is 16.2. The third-order valence-corrected chi connectivity index (χ3v) is 4.40. The molecule has 3 aromatic rings. The van der Waals surface area contributed by atoms with Crippen molar-refractivity contribution in [2.24, 2.45) is 5.16 Å². The molecule has 0 fully saturated rings. The number of ether oxygens (including phenoxy) is 2. The van der Waals surface area contributed by atoms with Crippen LogP contribution in [0.1, 0.15) is 24.5 Å². The van der Waals surface area contributed by atoms with E-state index in [0.717, 1.165) is 16.9 Å². The predicted molar refractivity (Wildman–Crippen MR) is 119 cm³/mol. The van der Waals surface area contributed by atoms with Crippen molar-refractivity contribution in [3.8, 4) is 17.2 Å². The lowest BCUT2D eigenvalue weighted by Gasteiger charge is -2.13. The molecule has 3 aromatic carbocycles. The number of hydrogen-bond acceptors (Lipinski definition) is 5. The van der Waals surface area contributed by atoms with Gasteiger partial charge in [0.05, 0.1) is 0 Å². The van der Waals surface area contributed by atoms with Crippen LogP contribution in [0.4, 0.5) is 0 Å². The van der Waals surface area contributed by atoms with Gasteiger partial charge in [-0.3, -0.25) is 4.79 Å². The van der Waals surface area contributed by atoms with Crippen LogP contribution in [0.15, 0.2) is 84.0 Å². The molecule has 0 aliphatic rings. The number of carbonyl (C=O) groups is 1. The molecule has 0 spiro atoms. The van der Waals surface area contributed by atoms with Gasteiger partial charge in [0.25, 0.3) is 0 Å². The largest absolute Gasteiger partial charge is 0.487 e. The number of carboxylic acid groups (broad SMARTS) is 1. The van der Waals surface area contributed by atoms with E-state index in [2.05, 4.69) is 5.16 Å². The van der Waals surface area contributed by atoms with Gasteiger partial charge in [0.1, 0.15) is 36.2 Å². The van der Waals surface area contributed by atoms with E-state index in [9.17, 15) is 4.79 Å². The van der Waals surface area contributed by atoms with E-state index in [1.54, 1.807) is 0 Å². The maximum Gasteiger partial charge on any atom is 0.303 e. The van der Waals surface area contributed by atoms with Gasteiger partial charge in [-0.25, -0.2) is 0 Å². The van der Waals surface area contributed by atoms with Crippen molar-refractivity contribution in [1.29, 1.82) is 0 Å². The third-order valence-electron chi connectivity index (χ3n) is 4.40. The molecule has 6 nitrogen and oxygen atoms in total. The summed E-state index contributed by atoms with van der Waals surface area (Å²) in [5, 5.41) is 13.2. The first-order valence-electron chi connectivity index (χ1n) is 10.1. The molecule has 0 aliphatic heterocycles. The fourth-order valence-electron chi connectivity index (χ4n) is 2.91. The standard InChI is InChI=1S/C25H25NO5/c1-2-30-26-23(18-29-24-14-7-6-9-19(24)15-16-25(27)28)20-10-8-13-22(17-20)31-21-11-4-3-5-12-21/h3-14,17H,2,15-16,18H2,1H3,(H,27,28). The van der Waals surface area contributed by atoms with Gasteiger partial charge in [-0.1, -0.05) is 53.7 Å². The minimum atomic E-state index is -0.844. The Kier molecular flexibility index (Phi) is 8.05. The predicted octanol–water partition coefficient (Wildman–Crippen LogP) is 5.32. The van der Waals surface area contributed by atoms with Crippen molar-refractivity contribution in [2.75, 3.05) is 13.2 Å². The average Bonchev–Trinajstić information content (AvgIpc) is 2.79. The zero-order chi connectivity index (χ0) is 21.9. The Morgan fingerprint density at radius 2 is 1.68 bits per heavy atom. The number of hydrogen-bond donors (Lipinski definition) is 1. The molecule has 0 atom stereocenters. The lowest BCUT2D eigenvalue weighted by Crippen LogP contribution is -2.15. The summed E-state index contributed by atoms with van der Waals surface area (Å²) in [6.45, 7) is 2.45. The smallest absolute Gasteiger partial charge is 0.303 e. The van der Waals surface area contributed by atoms with Crippen molar-refractivity contribution < 1.29 is 24.2 Å². The monoisotopic (exact) mass is 419 g/mol. The summed E-state index contributed by atoms with van der Waals surface area (Å²) in [6, 6.07) is 24.5. The van der Waals surface area contributed by atoms with E-state index in [1.165, 1.54) is 0 Å². The molecule has 0 heterocycles. The quantitative estimate of drug-likeness (QED) is 0.336. The first-order valence-corrected chi connectivity index (χ1v) is 10.1. The van der Waals surface area contributed by atoms with Crippen LogP contribution in [0.25, 0.3) is 0 Å². The van der Waals surface area contributed by atoms with Crippen molar-refractivity contribution in [2.45, 2.75) is 19.8 Å². The Labute approximate surface area is 181 Å². The van der Waals surface area contributed by atoms with Gasteiger partial charge in [0, 0.05) is 12.0 Å². The van der Waals surface area contributed by atoms with Crippen LogP contribution in [0.5, 0.6) is 17.2 Å². The highest BCUT2D eigenvalue weighted by atomic mass is 16.6. The van der Waals surface area contributed by atoms with Gasteiger partial charge in [-0.05, 0) is 49.2 Å². The Balaban J connectivity index is 1.76. The summed E-state index contributed by atoms with van der Waals surface area (Å²) in [7, 11) is 0. The number of rotatable bonds is 11. The highest BCUT2D eigenvalue weighted by Gasteiger charge is 2.11. The van der Waals surface area contributed by atoms with Crippen LogP contribution >= 0.6 is 0 Å². The molecular weight excluding hydrogens is 394 g/mol. The first kappa shape index (κ1) is 21.9. The molecule has 0 radical (unpaired) electrons. The minimum absolute atomic E-state index is 0.0408. The Morgan fingerprint density at radius 3 is 2.45 bits per heavy atom. The highest BCUT2D eigenvalue weighted by molar-refractivity contribution is 6.01. The van der Waals surface area contributed by atoms with Crippen LogP contribution in [0.2, 0.25) is 0 Å². The van der Waals surface area contributed by atoms with E-state index >= 15 is 0 Å². The molecule has 0 aromatic heterocycles. The van der Waals surface area contributed by atoms with Crippen molar-refractivity contribution in [3.63, 3.8) is 0 Å². The van der Waals surface area contributed by atoms with Crippen LogP contribution in [0.3, 0.4) is 0 Å². The van der Waals surface area contributed by atoms with E-state index in [1.807, 2.05) is 85.8 Å². The molecule has 6 heteroatoms. The fraction of sp³-hybridized carbons (Fsp3) is 0.200. The second-order valence-electron chi connectivity index (χ2n) is 6.69. The topological polar surface area (TPSA) is 77.4 Å². The minimum Gasteiger partial charge on any atom is -0.487 e. The second-order valence-corrected chi connectivity index (χ2v) is 6.69. The van der Waals surface area contributed by atoms with Gasteiger partial charge in [-0.2, -0.15) is 0 Å². The lowest BCUT2D eigenvalue weighted by molar-refractivity contribution is -0.136. The summed E-state index contributed by atoms with van der Waals surface area (Å²) < 4.78 is 11.9. The molecule has 0 amide bonds. The van der Waals surface area contributed by atoms with Crippen molar-refractivity contribution in [1.82, 2.24) is 0 Å². The van der Waals surface area contributed by atoms with Crippen LogP contribution in [-0.4, -0.2) is 30.0 Å². The van der Waals surface area contributed by atoms with Gasteiger partial charge in [0.2, 0.25) is 0 Å². The van der Waals surface area contributed by atoms with E-state index in [4.69, 9.17) is 19.4 Å². The highest BCUT2D eigenvalue weighted by Crippen LogP contribution is 2.23. The molecule has 0 unspecified atom stereocenters. The Morgan fingerprint density at radius 1 is 0.935 bits per heavy atom. The summed E-state index contributed by atoms with van der Waals surface area (Å²) in [5.41, 5.74) is 2.25. The third kappa shape index (κ3) is 6.89. The molecule has 31 heavy (non-hydrogen) atoms. The molecule has 0 saturated heterocycles. The number of benzene rings is 3. The SMILES string of the molecule is CCON=C(COc1ccccc1CCC(=O)O)c1cccc(Oc2ccccc2)c1. The van der Waals surface area contributed by atoms with Gasteiger partial charge >= 0.3 is 5.97 Å². The molecule has 0 bridgehead atoms. The number of aryl methyl sites for hydroxylation is 1. The fourth-order valence-corrected chi connectivity index (χ4v) is 2.91. The molecule has 0 saturated carbocycles. The number of para-hydroxylation sites is 2. The van der Waals surface area contributed by atoms with Crippen molar-refractivity contribution >= 4 is 11.7 Å².